The molecule has 0 aromatic rings. The van der Waals surface area contributed by atoms with Crippen molar-refractivity contribution in [2.75, 3.05) is 12.4 Å². The molecule has 2 heterocycles. The number of rotatable bonds is 2. The van der Waals surface area contributed by atoms with Crippen LogP contribution in [0.5, 0.6) is 0 Å². The average molecular weight is 173 g/mol. The largest absolute Gasteiger partial charge is 0.347 e. The highest BCUT2D eigenvalue weighted by atomic mass is 32.2. The number of nitrogens with one attached hydrogen (secondary N) is 1. The van der Waals surface area contributed by atoms with E-state index in [9.17, 15) is 4.79 Å². The van der Waals surface area contributed by atoms with Crippen LogP contribution in [0, 0.1) is 0 Å². The Kier molecular flexibility index (Phi) is 1.61. The van der Waals surface area contributed by atoms with Crippen LogP contribution in [0.3, 0.4) is 0 Å². The van der Waals surface area contributed by atoms with Crippen molar-refractivity contribution in [1.82, 2.24) is 5.32 Å². The Labute approximate surface area is 69.9 Å². The Morgan fingerprint density at radius 1 is 1.91 bits per heavy atom. The third-order valence-corrected chi connectivity index (χ3v) is 3.35. The van der Waals surface area contributed by atoms with E-state index in [0.717, 1.165) is 5.75 Å². The molecule has 3 nitrogen and oxygen atoms in total. The number of hydrogen-bond acceptors (Lipinski definition) is 3. The zero-order valence-electron chi connectivity index (χ0n) is 6.42. The van der Waals surface area contributed by atoms with Gasteiger partial charge in [-0.2, -0.15) is 11.8 Å². The summed E-state index contributed by atoms with van der Waals surface area (Å²) < 4.78 is 5.24. The van der Waals surface area contributed by atoms with Gasteiger partial charge in [-0.05, 0) is 5.75 Å². The van der Waals surface area contributed by atoms with Crippen molar-refractivity contribution in [3.63, 3.8) is 0 Å². The van der Waals surface area contributed by atoms with E-state index in [1.165, 1.54) is 0 Å². The van der Waals surface area contributed by atoms with Gasteiger partial charge >= 0.3 is 0 Å². The zero-order valence-corrected chi connectivity index (χ0v) is 7.24. The summed E-state index contributed by atoms with van der Waals surface area (Å²) in [5.74, 6) is 1.18. The molecule has 2 saturated heterocycles. The number of ether oxygens (including phenoxy) is 1. The van der Waals surface area contributed by atoms with E-state index in [1.54, 1.807) is 11.8 Å². The van der Waals surface area contributed by atoms with Crippen LogP contribution in [0.25, 0.3) is 0 Å². The van der Waals surface area contributed by atoms with Gasteiger partial charge in [0.05, 0.1) is 11.9 Å². The fourth-order valence-electron chi connectivity index (χ4n) is 1.43. The fraction of sp³-hybridized carbons (Fsp3) is 0.857. The highest BCUT2D eigenvalue weighted by Crippen LogP contribution is 2.41. The summed E-state index contributed by atoms with van der Waals surface area (Å²) in [7, 11) is 0. The highest BCUT2D eigenvalue weighted by Gasteiger charge is 2.57. The molecule has 2 aliphatic rings. The highest BCUT2D eigenvalue weighted by molar-refractivity contribution is 8.00. The molecular formula is C7H11NO2S. The second-order valence-corrected chi connectivity index (χ2v) is 4.35. The maximum absolute atomic E-state index is 11.0. The van der Waals surface area contributed by atoms with Crippen molar-refractivity contribution in [2.24, 2.45) is 0 Å². The first-order chi connectivity index (χ1) is 5.27. The van der Waals surface area contributed by atoms with Gasteiger partial charge in [0.15, 0.2) is 5.72 Å². The smallest absolute Gasteiger partial charge is 0.223 e. The van der Waals surface area contributed by atoms with Crippen molar-refractivity contribution < 1.29 is 9.53 Å². The molecule has 2 rings (SSSR count). The standard InChI is InChI=1S/C7H11NO2S/c1-2-11-5-3-6(9)8-7(5)4-10-7/h5H,2-4H2,1H3,(H,8,9). The summed E-state index contributed by atoms with van der Waals surface area (Å²) in [5, 5.41) is 3.20. The lowest BCUT2D eigenvalue weighted by Gasteiger charge is -2.11. The molecular weight excluding hydrogens is 162 g/mol. The molecule has 1 spiro atoms. The molecule has 0 saturated carbocycles. The van der Waals surface area contributed by atoms with Crippen LogP contribution in [-0.4, -0.2) is 29.2 Å². The lowest BCUT2D eigenvalue weighted by atomic mass is 10.2. The molecule has 4 heteroatoms. The van der Waals surface area contributed by atoms with Gasteiger partial charge < -0.3 is 10.1 Å². The maximum atomic E-state index is 11.0. The number of hydrogen-bond donors (Lipinski definition) is 1. The predicted molar refractivity (Wildman–Crippen MR) is 43.4 cm³/mol. The molecule has 62 valence electrons. The monoisotopic (exact) mass is 173 g/mol. The molecule has 2 unspecified atom stereocenters. The molecule has 2 atom stereocenters. The molecule has 0 bridgehead atoms. The Hall–Kier alpha value is -0.220. The number of epoxide rings is 1. The van der Waals surface area contributed by atoms with Gasteiger partial charge in [0.2, 0.25) is 5.91 Å². The van der Waals surface area contributed by atoms with E-state index < -0.39 is 0 Å². The van der Waals surface area contributed by atoms with Crippen LogP contribution in [0.2, 0.25) is 0 Å². The lowest BCUT2D eigenvalue weighted by Crippen LogP contribution is -2.34. The van der Waals surface area contributed by atoms with Crippen molar-refractivity contribution in [3.8, 4) is 0 Å². The lowest BCUT2D eigenvalue weighted by molar-refractivity contribution is -0.119. The maximum Gasteiger partial charge on any atom is 0.223 e. The van der Waals surface area contributed by atoms with Crippen LogP contribution in [0.15, 0.2) is 0 Å². The topological polar surface area (TPSA) is 41.6 Å². The van der Waals surface area contributed by atoms with E-state index >= 15 is 0 Å². The Balaban J connectivity index is 2.03. The van der Waals surface area contributed by atoms with Crippen molar-refractivity contribution in [3.05, 3.63) is 0 Å². The molecule has 0 aliphatic carbocycles. The van der Waals surface area contributed by atoms with E-state index in [1.807, 2.05) is 0 Å². The van der Waals surface area contributed by atoms with Crippen LogP contribution in [-0.2, 0) is 9.53 Å². The van der Waals surface area contributed by atoms with Crippen LogP contribution in [0.4, 0.5) is 0 Å². The molecule has 1 N–H and O–H groups in total. The zero-order chi connectivity index (χ0) is 7.90. The molecule has 1 amide bonds. The van der Waals surface area contributed by atoms with E-state index in [-0.39, 0.29) is 11.6 Å². The molecule has 0 aromatic carbocycles. The minimum Gasteiger partial charge on any atom is -0.347 e. The number of thioether (sulfide) groups is 1. The molecule has 11 heavy (non-hydrogen) atoms. The summed E-state index contributed by atoms with van der Waals surface area (Å²) >= 11 is 1.80. The van der Waals surface area contributed by atoms with Gasteiger partial charge in [-0.15, -0.1) is 0 Å². The van der Waals surface area contributed by atoms with Crippen molar-refractivity contribution in [2.45, 2.75) is 24.3 Å². The Bertz CT molecular complexity index is 191. The van der Waals surface area contributed by atoms with Crippen LogP contribution >= 0.6 is 11.8 Å². The number of carbonyl (C=O) groups excluding carboxylic acids is 1. The van der Waals surface area contributed by atoms with E-state index in [2.05, 4.69) is 12.2 Å². The van der Waals surface area contributed by atoms with Gasteiger partial charge in [0, 0.05) is 6.42 Å². The summed E-state index contributed by atoms with van der Waals surface area (Å²) in [6, 6.07) is 0. The second-order valence-electron chi connectivity index (χ2n) is 2.87. The Morgan fingerprint density at radius 3 is 3.18 bits per heavy atom. The van der Waals surface area contributed by atoms with Gasteiger partial charge in [-0.1, -0.05) is 6.92 Å². The first-order valence-electron chi connectivity index (χ1n) is 3.83. The Morgan fingerprint density at radius 2 is 2.64 bits per heavy atom. The molecule has 2 aliphatic heterocycles. The first-order valence-corrected chi connectivity index (χ1v) is 4.88. The van der Waals surface area contributed by atoms with E-state index in [4.69, 9.17) is 4.74 Å². The third-order valence-electron chi connectivity index (χ3n) is 2.07. The summed E-state index contributed by atoms with van der Waals surface area (Å²) in [5.41, 5.74) is -0.252. The second kappa shape index (κ2) is 2.38. The van der Waals surface area contributed by atoms with Crippen molar-refractivity contribution >= 4 is 17.7 Å². The van der Waals surface area contributed by atoms with Crippen LogP contribution < -0.4 is 5.32 Å². The summed E-state index contributed by atoms with van der Waals surface area (Å²) in [4.78, 5) is 11.0. The quantitative estimate of drug-likeness (QED) is 0.613. The normalized spacial score (nSPS) is 41.2. The van der Waals surface area contributed by atoms with Gasteiger partial charge in [0.1, 0.15) is 0 Å². The van der Waals surface area contributed by atoms with Gasteiger partial charge in [0.25, 0.3) is 0 Å². The third kappa shape index (κ3) is 1.14. The SMILES string of the molecule is CCSC1CC(=O)NC12CO2. The number of carbonyl (C=O) groups is 1. The predicted octanol–water partition coefficient (Wildman–Crippen LogP) is 0.354. The van der Waals surface area contributed by atoms with Gasteiger partial charge in [-0.3, -0.25) is 4.79 Å². The van der Waals surface area contributed by atoms with Crippen LogP contribution in [0.1, 0.15) is 13.3 Å². The number of amides is 1. The fourth-order valence-corrected chi connectivity index (χ4v) is 2.57. The molecule has 0 radical (unpaired) electrons. The molecule has 0 aromatic heterocycles. The summed E-state index contributed by atoms with van der Waals surface area (Å²) in [6.07, 6.45) is 0.624. The minimum atomic E-state index is -0.252. The van der Waals surface area contributed by atoms with E-state index in [0.29, 0.717) is 18.3 Å². The minimum absolute atomic E-state index is 0.133. The average Bonchev–Trinajstić information content (AvgIpc) is 2.61. The van der Waals surface area contributed by atoms with Crippen molar-refractivity contribution in [1.29, 1.82) is 0 Å². The summed E-state index contributed by atoms with van der Waals surface area (Å²) in [6.45, 7) is 2.81. The first kappa shape index (κ1) is 7.43. The van der Waals surface area contributed by atoms with Gasteiger partial charge in [-0.25, -0.2) is 0 Å². The molecule has 2 fully saturated rings.